The number of anilines is 1. The largest absolute Gasteiger partial charge is 0.462 e. The van der Waals surface area contributed by atoms with Crippen molar-refractivity contribution < 1.29 is 18.7 Å². The van der Waals surface area contributed by atoms with Crippen molar-refractivity contribution in [2.75, 3.05) is 18.5 Å². The number of halogens is 1. The highest BCUT2D eigenvalue weighted by molar-refractivity contribution is 6.02. The molecule has 0 aliphatic carbocycles. The summed E-state index contributed by atoms with van der Waals surface area (Å²) in [6.07, 6.45) is 0.488. The van der Waals surface area contributed by atoms with E-state index in [0.717, 1.165) is 11.8 Å². The van der Waals surface area contributed by atoms with Gasteiger partial charge in [-0.1, -0.05) is 20.8 Å². The maximum atomic E-state index is 14.1. The second-order valence-electron chi connectivity index (χ2n) is 7.18. The van der Waals surface area contributed by atoms with Gasteiger partial charge in [-0.15, -0.1) is 0 Å². The smallest absolute Gasteiger partial charge is 0.338 e. The Morgan fingerprint density at radius 2 is 2.04 bits per heavy atom. The molecular weight excluding hydrogens is 337 g/mol. The van der Waals surface area contributed by atoms with Crippen molar-refractivity contribution in [1.82, 2.24) is 5.01 Å². The van der Waals surface area contributed by atoms with E-state index in [1.165, 1.54) is 12.1 Å². The van der Waals surface area contributed by atoms with Gasteiger partial charge in [-0.3, -0.25) is 9.80 Å². The van der Waals surface area contributed by atoms with Crippen LogP contribution in [0.3, 0.4) is 0 Å². The lowest BCUT2D eigenvalue weighted by Crippen LogP contribution is -2.38. The van der Waals surface area contributed by atoms with Crippen LogP contribution in [0.15, 0.2) is 23.3 Å². The van der Waals surface area contributed by atoms with E-state index < -0.39 is 17.8 Å². The van der Waals surface area contributed by atoms with Crippen molar-refractivity contribution in [3.05, 3.63) is 29.6 Å². The van der Waals surface area contributed by atoms with Gasteiger partial charge in [0.15, 0.2) is 0 Å². The number of benzene rings is 1. The van der Waals surface area contributed by atoms with Gasteiger partial charge in [0.25, 0.3) is 0 Å². The van der Waals surface area contributed by atoms with E-state index in [1.807, 2.05) is 27.7 Å². The summed E-state index contributed by atoms with van der Waals surface area (Å²) in [6.45, 7) is 10.5. The number of hydrazone groups is 1. The van der Waals surface area contributed by atoms with Gasteiger partial charge < -0.3 is 10.1 Å². The summed E-state index contributed by atoms with van der Waals surface area (Å²) in [6, 6.07) is 3.27. The number of likely N-dealkylation sites (N-methyl/N-ethyl adjacent to an activating group) is 1. The Morgan fingerprint density at radius 3 is 2.62 bits per heavy atom. The molecule has 0 saturated heterocycles. The van der Waals surface area contributed by atoms with Crippen LogP contribution in [0.25, 0.3) is 0 Å². The predicted molar refractivity (Wildman–Crippen MR) is 98.7 cm³/mol. The van der Waals surface area contributed by atoms with Crippen molar-refractivity contribution in [2.45, 2.75) is 47.1 Å². The lowest BCUT2D eigenvalue weighted by atomic mass is 9.87. The minimum absolute atomic E-state index is 0.0409. The molecule has 1 N–H and O–H groups in total. The van der Waals surface area contributed by atoms with Gasteiger partial charge in [0.05, 0.1) is 17.9 Å². The maximum Gasteiger partial charge on any atom is 0.338 e. The van der Waals surface area contributed by atoms with Gasteiger partial charge in [-0.25, -0.2) is 9.18 Å². The molecule has 26 heavy (non-hydrogen) atoms. The Hall–Kier alpha value is -2.44. The third-order valence-corrected chi connectivity index (χ3v) is 4.22. The third kappa shape index (κ3) is 4.39. The van der Waals surface area contributed by atoms with Crippen molar-refractivity contribution >= 4 is 23.3 Å². The van der Waals surface area contributed by atoms with Gasteiger partial charge >= 0.3 is 5.97 Å². The van der Waals surface area contributed by atoms with Crippen LogP contribution in [-0.4, -0.2) is 41.8 Å². The number of nitrogens with zero attached hydrogens (tertiary/aromatic N) is 2. The Kier molecular flexibility index (Phi) is 6.00. The summed E-state index contributed by atoms with van der Waals surface area (Å²) in [7, 11) is 0. The number of esters is 1. The van der Waals surface area contributed by atoms with E-state index in [-0.39, 0.29) is 29.2 Å². The summed E-state index contributed by atoms with van der Waals surface area (Å²) in [4.78, 5) is 24.5. The molecule has 1 aromatic carbocycles. The molecule has 1 atom stereocenters. The molecule has 1 unspecified atom stereocenters. The molecule has 1 aliphatic rings. The van der Waals surface area contributed by atoms with Crippen LogP contribution in [0.2, 0.25) is 0 Å². The van der Waals surface area contributed by atoms with E-state index >= 15 is 0 Å². The fourth-order valence-electron chi connectivity index (χ4n) is 2.71. The highest BCUT2D eigenvalue weighted by Crippen LogP contribution is 2.28. The van der Waals surface area contributed by atoms with Crippen molar-refractivity contribution in [1.29, 1.82) is 0 Å². The molecule has 0 spiro atoms. The summed E-state index contributed by atoms with van der Waals surface area (Å²) < 4.78 is 19.0. The first-order valence-electron chi connectivity index (χ1n) is 8.79. The molecule has 6 nitrogen and oxygen atoms in total. The lowest BCUT2D eigenvalue weighted by Gasteiger charge is -2.21. The van der Waals surface area contributed by atoms with Crippen molar-refractivity contribution in [3.63, 3.8) is 0 Å². The molecule has 0 saturated carbocycles. The Labute approximate surface area is 153 Å². The van der Waals surface area contributed by atoms with Crippen LogP contribution < -0.4 is 5.32 Å². The molecule has 0 radical (unpaired) electrons. The van der Waals surface area contributed by atoms with Crippen LogP contribution in [0.4, 0.5) is 10.1 Å². The molecule has 1 aliphatic heterocycles. The van der Waals surface area contributed by atoms with Crippen LogP contribution >= 0.6 is 0 Å². The van der Waals surface area contributed by atoms with Crippen molar-refractivity contribution in [2.24, 2.45) is 10.5 Å². The number of hydrogen-bond acceptors (Lipinski definition) is 5. The zero-order valence-corrected chi connectivity index (χ0v) is 15.9. The Balaban J connectivity index is 2.17. The quantitative estimate of drug-likeness (QED) is 0.814. The lowest BCUT2D eigenvalue weighted by molar-refractivity contribution is -0.120. The van der Waals surface area contributed by atoms with Crippen LogP contribution in [0, 0.1) is 11.2 Å². The second-order valence-corrected chi connectivity index (χ2v) is 7.18. The predicted octanol–water partition coefficient (Wildman–Crippen LogP) is 3.44. The molecular formula is C19H26FN3O3. The normalized spacial score (nSPS) is 17.1. The van der Waals surface area contributed by atoms with Crippen LogP contribution in [0.5, 0.6) is 0 Å². The first-order chi connectivity index (χ1) is 12.2. The molecule has 0 aromatic heterocycles. The van der Waals surface area contributed by atoms with Gasteiger partial charge in [0.2, 0.25) is 5.91 Å². The van der Waals surface area contributed by atoms with E-state index in [1.54, 1.807) is 11.9 Å². The average Bonchev–Trinajstić information content (AvgIpc) is 3.01. The highest BCUT2D eigenvalue weighted by Gasteiger charge is 2.36. The molecule has 142 valence electrons. The summed E-state index contributed by atoms with van der Waals surface area (Å²) in [5.74, 6) is -1.52. The molecule has 1 aromatic rings. The summed E-state index contributed by atoms with van der Waals surface area (Å²) >= 11 is 0. The molecule has 1 heterocycles. The monoisotopic (exact) mass is 363 g/mol. The molecule has 7 heteroatoms. The molecule has 2 rings (SSSR count). The van der Waals surface area contributed by atoms with Gasteiger partial charge in [-0.2, -0.15) is 5.10 Å². The fourth-order valence-corrected chi connectivity index (χ4v) is 2.71. The second kappa shape index (κ2) is 7.85. The number of rotatable bonds is 5. The van der Waals surface area contributed by atoms with Gasteiger partial charge in [-0.05, 0) is 32.0 Å². The molecule has 0 bridgehead atoms. The fraction of sp³-hybridized carbons (Fsp3) is 0.526. The standard InChI is InChI=1S/C19H26FN3O3/c1-6-23-15(11-16(22-23)19(3,4)5)17(24)21-14-10-12(8-9-13(14)20)18(25)26-7-2/h8-10,15H,6-7,11H2,1-5H3,(H,21,24). The minimum atomic E-state index is -0.607. The van der Waals surface area contributed by atoms with E-state index in [4.69, 9.17) is 4.74 Å². The number of ether oxygens (including phenoxy) is 1. The summed E-state index contributed by atoms with van der Waals surface area (Å²) in [5, 5.41) is 8.84. The number of hydrogen-bond donors (Lipinski definition) is 1. The number of carbonyl (C=O) groups excluding carboxylic acids is 2. The highest BCUT2D eigenvalue weighted by atomic mass is 19.1. The molecule has 0 fully saturated rings. The SMILES string of the molecule is CCOC(=O)c1ccc(F)c(NC(=O)C2CC(C(C)(C)C)=NN2CC)c1. The third-order valence-electron chi connectivity index (χ3n) is 4.22. The Morgan fingerprint density at radius 1 is 1.35 bits per heavy atom. The van der Waals surface area contributed by atoms with E-state index in [9.17, 15) is 14.0 Å². The van der Waals surface area contributed by atoms with E-state index in [0.29, 0.717) is 13.0 Å². The van der Waals surface area contributed by atoms with Gasteiger partial charge in [0.1, 0.15) is 11.9 Å². The Bertz CT molecular complexity index is 725. The molecule has 1 amide bonds. The zero-order chi connectivity index (χ0) is 19.5. The van der Waals surface area contributed by atoms with Gasteiger partial charge in [0, 0.05) is 24.1 Å². The topological polar surface area (TPSA) is 71.0 Å². The van der Waals surface area contributed by atoms with E-state index in [2.05, 4.69) is 10.4 Å². The average molecular weight is 363 g/mol. The van der Waals surface area contributed by atoms with Crippen LogP contribution in [0.1, 0.15) is 51.4 Å². The first-order valence-corrected chi connectivity index (χ1v) is 8.79. The maximum absolute atomic E-state index is 14.1. The number of amides is 1. The summed E-state index contributed by atoms with van der Waals surface area (Å²) in [5.41, 5.74) is 0.937. The van der Waals surface area contributed by atoms with Crippen molar-refractivity contribution in [3.8, 4) is 0 Å². The first kappa shape index (κ1) is 19.9. The number of nitrogens with one attached hydrogen (secondary N) is 1. The minimum Gasteiger partial charge on any atom is -0.462 e. The van der Waals surface area contributed by atoms with Crippen LogP contribution in [-0.2, 0) is 9.53 Å². The zero-order valence-electron chi connectivity index (χ0n) is 15.9. The number of carbonyl (C=O) groups is 2.